The van der Waals surface area contributed by atoms with Crippen LogP contribution in [0.2, 0.25) is 0 Å². The molecule has 1 aliphatic rings. The number of fused-ring (bicyclic) bond motifs is 1. The highest BCUT2D eigenvalue weighted by Crippen LogP contribution is 2.36. The predicted molar refractivity (Wildman–Crippen MR) is 130 cm³/mol. The van der Waals surface area contributed by atoms with E-state index < -0.39 is 5.54 Å². The highest BCUT2D eigenvalue weighted by atomic mass is 16.5. The van der Waals surface area contributed by atoms with Crippen molar-refractivity contribution in [1.29, 1.82) is 0 Å². The lowest BCUT2D eigenvalue weighted by Gasteiger charge is -2.29. The van der Waals surface area contributed by atoms with Crippen LogP contribution in [0.15, 0.2) is 60.7 Å². The van der Waals surface area contributed by atoms with E-state index in [1.807, 2.05) is 19.1 Å². The monoisotopic (exact) mass is 433 g/mol. The van der Waals surface area contributed by atoms with Gasteiger partial charge in [0.2, 0.25) is 0 Å². The van der Waals surface area contributed by atoms with Crippen molar-refractivity contribution < 1.29 is 14.6 Å². The van der Waals surface area contributed by atoms with Crippen LogP contribution in [0.3, 0.4) is 0 Å². The van der Waals surface area contributed by atoms with Gasteiger partial charge in [0.15, 0.2) is 0 Å². The maximum absolute atomic E-state index is 9.53. The molecule has 4 rings (SSSR count). The topological polar surface area (TPSA) is 64.7 Å². The van der Waals surface area contributed by atoms with E-state index >= 15 is 0 Å². The van der Waals surface area contributed by atoms with Crippen LogP contribution in [-0.2, 0) is 5.54 Å². The van der Waals surface area contributed by atoms with Gasteiger partial charge in [0.05, 0.1) is 24.4 Å². The van der Waals surface area contributed by atoms with Crippen LogP contribution in [-0.4, -0.2) is 23.9 Å². The number of ether oxygens (including phenoxy) is 2. The molecule has 1 fully saturated rings. The summed E-state index contributed by atoms with van der Waals surface area (Å²) in [5, 5.41) is 11.8. The van der Waals surface area contributed by atoms with Crippen LogP contribution < -0.4 is 15.2 Å². The molecule has 1 atom stereocenters. The normalized spacial score (nSPS) is 20.8. The summed E-state index contributed by atoms with van der Waals surface area (Å²) in [6.07, 6.45) is 4.87. The molecule has 4 nitrogen and oxygen atoms in total. The Morgan fingerprint density at radius 1 is 0.906 bits per heavy atom. The van der Waals surface area contributed by atoms with Crippen molar-refractivity contribution in [3.8, 4) is 11.5 Å². The van der Waals surface area contributed by atoms with E-state index in [2.05, 4.69) is 62.4 Å². The number of hydrogen-bond donors (Lipinski definition) is 2. The van der Waals surface area contributed by atoms with Crippen molar-refractivity contribution in [3.05, 3.63) is 71.8 Å². The van der Waals surface area contributed by atoms with Crippen molar-refractivity contribution in [1.82, 2.24) is 0 Å². The molecule has 1 aliphatic carbocycles. The summed E-state index contributed by atoms with van der Waals surface area (Å²) >= 11 is 0. The highest BCUT2D eigenvalue weighted by Gasteiger charge is 2.24. The van der Waals surface area contributed by atoms with E-state index in [1.54, 1.807) is 0 Å². The Kier molecular flexibility index (Phi) is 6.73. The lowest BCUT2D eigenvalue weighted by Crippen LogP contribution is -2.36. The summed E-state index contributed by atoms with van der Waals surface area (Å²) in [6, 6.07) is 20.9. The fraction of sp³-hybridized carbons (Fsp3) is 0.429. The summed E-state index contributed by atoms with van der Waals surface area (Å²) in [6.45, 7) is 5.86. The first-order chi connectivity index (χ1) is 15.3. The first-order valence-electron chi connectivity index (χ1n) is 11.7. The molecule has 32 heavy (non-hydrogen) atoms. The Morgan fingerprint density at radius 2 is 1.53 bits per heavy atom. The first-order valence-corrected chi connectivity index (χ1v) is 11.7. The Bertz CT molecular complexity index is 1030. The standard InChI is InChI=1S/C28H35NO3/c1-19(2)31-25-11-5-20(6-12-25)21-7-13-26(14-8-21)32-27-15-9-22-16-24(28(3,29)18-30)10-4-23(22)17-27/h4-6,9-12,15-17,19,21,26,30H,7-8,13-14,18,29H2,1-3H3/t21-,26+,28-/m0/s1. The largest absolute Gasteiger partial charge is 0.491 e. The van der Waals surface area contributed by atoms with Gasteiger partial charge in [0, 0.05) is 0 Å². The predicted octanol–water partition coefficient (Wildman–Crippen LogP) is 5.90. The summed E-state index contributed by atoms with van der Waals surface area (Å²) in [5.41, 5.74) is 7.78. The highest BCUT2D eigenvalue weighted by molar-refractivity contribution is 5.84. The summed E-state index contributed by atoms with van der Waals surface area (Å²) in [4.78, 5) is 0. The van der Waals surface area contributed by atoms with Gasteiger partial charge in [0.1, 0.15) is 11.5 Å². The lowest BCUT2D eigenvalue weighted by molar-refractivity contribution is 0.146. The zero-order valence-electron chi connectivity index (χ0n) is 19.4. The number of aliphatic hydroxyl groups excluding tert-OH is 1. The number of rotatable bonds is 7. The fourth-order valence-electron chi connectivity index (χ4n) is 4.54. The van der Waals surface area contributed by atoms with Crippen molar-refractivity contribution in [2.24, 2.45) is 5.73 Å². The van der Waals surface area contributed by atoms with E-state index in [1.165, 1.54) is 5.56 Å². The second kappa shape index (κ2) is 9.51. The van der Waals surface area contributed by atoms with Gasteiger partial charge in [-0.05, 0) is 105 Å². The van der Waals surface area contributed by atoms with Crippen LogP contribution in [0.25, 0.3) is 10.8 Å². The Labute approximate surface area is 191 Å². The van der Waals surface area contributed by atoms with Gasteiger partial charge < -0.3 is 20.3 Å². The number of benzene rings is 3. The average Bonchev–Trinajstić information content (AvgIpc) is 2.79. The molecule has 3 aromatic carbocycles. The smallest absolute Gasteiger partial charge is 0.120 e. The second-order valence-electron chi connectivity index (χ2n) is 9.63. The summed E-state index contributed by atoms with van der Waals surface area (Å²) < 4.78 is 12.1. The molecule has 0 aromatic heterocycles. The third-order valence-corrected chi connectivity index (χ3v) is 6.50. The van der Waals surface area contributed by atoms with Gasteiger partial charge in [-0.25, -0.2) is 0 Å². The van der Waals surface area contributed by atoms with Crippen molar-refractivity contribution in [3.63, 3.8) is 0 Å². The van der Waals surface area contributed by atoms with Crippen LogP contribution in [0, 0.1) is 0 Å². The SMILES string of the molecule is CC(C)Oc1ccc([C@H]2CC[C@@H](Oc3ccc4cc([C@@](C)(N)CO)ccc4c3)CC2)cc1. The molecular weight excluding hydrogens is 398 g/mol. The van der Waals surface area contributed by atoms with Crippen LogP contribution >= 0.6 is 0 Å². The number of nitrogens with two attached hydrogens (primary N) is 1. The zero-order chi connectivity index (χ0) is 22.7. The van der Waals surface area contributed by atoms with Crippen molar-refractivity contribution in [2.45, 2.75) is 70.1 Å². The number of aliphatic hydroxyl groups is 1. The van der Waals surface area contributed by atoms with Gasteiger partial charge in [-0.3, -0.25) is 0 Å². The molecule has 0 aliphatic heterocycles. The maximum Gasteiger partial charge on any atom is 0.120 e. The second-order valence-corrected chi connectivity index (χ2v) is 9.63. The molecule has 0 heterocycles. The molecule has 0 amide bonds. The molecular formula is C28H35NO3. The van der Waals surface area contributed by atoms with Crippen molar-refractivity contribution in [2.75, 3.05) is 6.61 Å². The van der Waals surface area contributed by atoms with Crippen LogP contribution in [0.5, 0.6) is 11.5 Å². The first kappa shape index (κ1) is 22.6. The van der Waals surface area contributed by atoms with Crippen molar-refractivity contribution >= 4 is 10.8 Å². The minimum absolute atomic E-state index is 0.0851. The Balaban J connectivity index is 1.36. The van der Waals surface area contributed by atoms with Crippen LogP contribution in [0.4, 0.5) is 0 Å². The third-order valence-electron chi connectivity index (χ3n) is 6.50. The van der Waals surface area contributed by atoms with Gasteiger partial charge in [-0.15, -0.1) is 0 Å². The maximum atomic E-state index is 9.53. The zero-order valence-corrected chi connectivity index (χ0v) is 19.4. The molecule has 0 saturated heterocycles. The van der Waals surface area contributed by atoms with Gasteiger partial charge in [-0.2, -0.15) is 0 Å². The van der Waals surface area contributed by atoms with E-state index in [4.69, 9.17) is 15.2 Å². The Hall–Kier alpha value is -2.56. The quantitative estimate of drug-likeness (QED) is 0.487. The summed E-state index contributed by atoms with van der Waals surface area (Å²) in [5.74, 6) is 2.45. The van der Waals surface area contributed by atoms with E-state index in [-0.39, 0.29) is 18.8 Å². The van der Waals surface area contributed by atoms with Gasteiger partial charge >= 0.3 is 0 Å². The third kappa shape index (κ3) is 5.25. The molecule has 3 N–H and O–H groups in total. The molecule has 3 aromatic rings. The molecule has 0 spiro atoms. The van der Waals surface area contributed by atoms with E-state index in [0.29, 0.717) is 5.92 Å². The Morgan fingerprint density at radius 3 is 2.19 bits per heavy atom. The fourth-order valence-corrected chi connectivity index (χ4v) is 4.54. The van der Waals surface area contributed by atoms with E-state index in [9.17, 15) is 5.11 Å². The van der Waals surface area contributed by atoms with Crippen LogP contribution in [0.1, 0.15) is 63.5 Å². The van der Waals surface area contributed by atoms with Gasteiger partial charge in [0.25, 0.3) is 0 Å². The molecule has 0 radical (unpaired) electrons. The van der Waals surface area contributed by atoms with E-state index in [0.717, 1.165) is 53.5 Å². The van der Waals surface area contributed by atoms with Gasteiger partial charge in [-0.1, -0.05) is 30.3 Å². The minimum atomic E-state index is -0.732. The molecule has 170 valence electrons. The summed E-state index contributed by atoms with van der Waals surface area (Å²) in [7, 11) is 0. The lowest BCUT2D eigenvalue weighted by atomic mass is 9.82. The number of hydrogen-bond acceptors (Lipinski definition) is 4. The molecule has 0 bridgehead atoms. The molecule has 1 saturated carbocycles. The molecule has 4 heteroatoms. The average molecular weight is 434 g/mol. The minimum Gasteiger partial charge on any atom is -0.491 e. The molecule has 0 unspecified atom stereocenters.